The summed E-state index contributed by atoms with van der Waals surface area (Å²) >= 11 is 1.25. The molecule has 112 valence electrons. The van der Waals surface area contributed by atoms with E-state index in [1.807, 2.05) is 0 Å². The van der Waals surface area contributed by atoms with Gasteiger partial charge in [0.15, 0.2) is 5.13 Å². The Morgan fingerprint density at radius 1 is 1.67 bits per heavy atom. The fourth-order valence-corrected chi connectivity index (χ4v) is 3.89. The third-order valence-electron chi connectivity index (χ3n) is 4.52. The van der Waals surface area contributed by atoms with Crippen molar-refractivity contribution in [3.05, 3.63) is 29.3 Å². The van der Waals surface area contributed by atoms with Crippen molar-refractivity contribution < 1.29 is 14.6 Å². The first kappa shape index (κ1) is 14.3. The molecule has 0 amide bonds. The first-order valence-electron chi connectivity index (χ1n) is 6.95. The number of rotatable bonds is 4. The number of carbonyl (C=O) groups is 1. The first-order valence-corrected chi connectivity index (χ1v) is 7.83. The fourth-order valence-electron chi connectivity index (χ4n) is 3.33. The Morgan fingerprint density at radius 3 is 3.00 bits per heavy atom. The van der Waals surface area contributed by atoms with Crippen LogP contribution < -0.4 is 5.73 Å². The zero-order valence-corrected chi connectivity index (χ0v) is 12.6. The topological polar surface area (TPSA) is 85.4 Å². The Labute approximate surface area is 127 Å². The molecule has 0 radical (unpaired) electrons. The van der Waals surface area contributed by atoms with E-state index in [0.29, 0.717) is 16.7 Å². The van der Waals surface area contributed by atoms with Gasteiger partial charge in [0.05, 0.1) is 16.9 Å². The maximum Gasteiger partial charge on any atom is 0.337 e. The number of nitrogen functional groups attached to an aromatic ring is 1. The summed E-state index contributed by atoms with van der Waals surface area (Å²) in [7, 11) is 1.69. The Morgan fingerprint density at radius 2 is 2.48 bits per heavy atom. The van der Waals surface area contributed by atoms with Crippen molar-refractivity contribution in [2.24, 2.45) is 11.8 Å². The quantitative estimate of drug-likeness (QED) is 0.659. The molecule has 3 aliphatic rings. The second-order valence-electron chi connectivity index (χ2n) is 5.62. The summed E-state index contributed by atoms with van der Waals surface area (Å²) in [6.45, 7) is 0. The minimum atomic E-state index is -0.975. The van der Waals surface area contributed by atoms with Crippen molar-refractivity contribution in [2.75, 3.05) is 12.8 Å². The molecule has 2 bridgehead atoms. The molecular formula is C15H18N2O3S. The zero-order valence-electron chi connectivity index (χ0n) is 11.8. The van der Waals surface area contributed by atoms with Crippen LogP contribution in [0, 0.1) is 11.8 Å². The summed E-state index contributed by atoms with van der Waals surface area (Å²) in [5.41, 5.74) is 5.88. The summed E-state index contributed by atoms with van der Waals surface area (Å²) in [4.78, 5) is 15.7. The van der Waals surface area contributed by atoms with E-state index in [1.165, 1.54) is 11.3 Å². The minimum absolute atomic E-state index is 0.0558. The van der Waals surface area contributed by atoms with Gasteiger partial charge < -0.3 is 15.6 Å². The van der Waals surface area contributed by atoms with Gasteiger partial charge in [-0.2, -0.15) is 0 Å². The number of carboxylic acids is 1. The van der Waals surface area contributed by atoms with Gasteiger partial charge in [0, 0.05) is 18.4 Å². The number of fused-ring (bicyclic) bond motifs is 2. The number of hydrogen-bond donors (Lipinski definition) is 2. The Kier molecular flexibility index (Phi) is 3.59. The summed E-state index contributed by atoms with van der Waals surface area (Å²) in [5.74, 6) is -0.406. The van der Waals surface area contributed by atoms with Crippen LogP contribution in [0.4, 0.5) is 5.13 Å². The number of anilines is 1. The molecule has 1 aromatic heterocycles. The molecule has 0 saturated heterocycles. The lowest BCUT2D eigenvalue weighted by atomic mass is 9.65. The van der Waals surface area contributed by atoms with Crippen LogP contribution in [0.2, 0.25) is 0 Å². The predicted molar refractivity (Wildman–Crippen MR) is 81.9 cm³/mol. The molecule has 3 aliphatic carbocycles. The van der Waals surface area contributed by atoms with Crippen LogP contribution in [0.25, 0.3) is 5.57 Å². The standard InChI is InChI=1S/C15H18N2O3S/c1-20-15-4-2-9(3-5-15)6-10(15)7-11(13(18)19)12-8-21-14(16)17-12/h2,4,7-10H,3,5-6H2,1H3,(H2,16,17)(H,18,19). The average Bonchev–Trinajstić information content (AvgIpc) is 2.92. The summed E-state index contributed by atoms with van der Waals surface area (Å²) < 4.78 is 5.73. The number of allylic oxidation sites excluding steroid dienone is 1. The van der Waals surface area contributed by atoms with Crippen molar-refractivity contribution in [2.45, 2.75) is 24.9 Å². The van der Waals surface area contributed by atoms with Gasteiger partial charge in [-0.05, 0) is 25.2 Å². The summed E-state index contributed by atoms with van der Waals surface area (Å²) in [6, 6.07) is 0. The van der Waals surface area contributed by atoms with Crippen molar-refractivity contribution in [1.29, 1.82) is 0 Å². The van der Waals surface area contributed by atoms with Crippen LogP contribution >= 0.6 is 11.3 Å². The highest BCUT2D eigenvalue weighted by atomic mass is 32.1. The van der Waals surface area contributed by atoms with Crippen LogP contribution in [0.1, 0.15) is 25.0 Å². The second-order valence-corrected chi connectivity index (χ2v) is 6.51. The number of carboxylic acid groups (broad SMARTS) is 1. The van der Waals surface area contributed by atoms with E-state index in [-0.39, 0.29) is 17.1 Å². The first-order chi connectivity index (χ1) is 10.0. The maximum atomic E-state index is 11.6. The van der Waals surface area contributed by atoms with E-state index in [4.69, 9.17) is 10.5 Å². The van der Waals surface area contributed by atoms with Crippen molar-refractivity contribution in [3.63, 3.8) is 0 Å². The highest BCUT2D eigenvalue weighted by Crippen LogP contribution is 2.46. The number of ether oxygens (including phenoxy) is 1. The molecule has 1 fully saturated rings. The summed E-state index contributed by atoms with van der Waals surface area (Å²) in [5, 5.41) is 11.6. The SMILES string of the molecule is COC12C=CC(CC1)CC2C=C(C(=O)O)c1csc(N)n1. The molecule has 3 N–H and O–H groups in total. The van der Waals surface area contributed by atoms with Gasteiger partial charge in [-0.15, -0.1) is 11.3 Å². The predicted octanol–water partition coefficient (Wildman–Crippen LogP) is 2.56. The maximum absolute atomic E-state index is 11.6. The van der Waals surface area contributed by atoms with E-state index in [9.17, 15) is 9.90 Å². The molecule has 4 rings (SSSR count). The highest BCUT2D eigenvalue weighted by Gasteiger charge is 2.44. The molecule has 0 spiro atoms. The van der Waals surface area contributed by atoms with Gasteiger partial charge in [-0.25, -0.2) is 9.78 Å². The monoisotopic (exact) mass is 306 g/mol. The third-order valence-corrected chi connectivity index (χ3v) is 5.19. The lowest BCUT2D eigenvalue weighted by molar-refractivity contribution is -0.130. The van der Waals surface area contributed by atoms with Crippen molar-refractivity contribution >= 4 is 28.0 Å². The third kappa shape index (κ3) is 2.49. The van der Waals surface area contributed by atoms with E-state index >= 15 is 0 Å². The van der Waals surface area contributed by atoms with Crippen LogP contribution in [0.3, 0.4) is 0 Å². The summed E-state index contributed by atoms with van der Waals surface area (Å²) in [6.07, 6.45) is 9.04. The molecule has 1 aromatic rings. The number of hydrogen-bond acceptors (Lipinski definition) is 5. The molecule has 3 unspecified atom stereocenters. The molecule has 6 heteroatoms. The molecule has 1 saturated carbocycles. The van der Waals surface area contributed by atoms with Crippen LogP contribution in [-0.2, 0) is 9.53 Å². The smallest absolute Gasteiger partial charge is 0.337 e. The number of nitrogens with two attached hydrogens (primary N) is 1. The molecule has 21 heavy (non-hydrogen) atoms. The van der Waals surface area contributed by atoms with E-state index in [2.05, 4.69) is 17.1 Å². The number of nitrogens with zero attached hydrogens (tertiary/aromatic N) is 1. The van der Waals surface area contributed by atoms with E-state index in [0.717, 1.165) is 19.3 Å². The number of aliphatic carboxylic acids is 1. The number of methoxy groups -OCH3 is 1. The molecule has 3 atom stereocenters. The molecule has 0 aliphatic heterocycles. The van der Waals surface area contributed by atoms with E-state index in [1.54, 1.807) is 18.6 Å². The normalized spacial score (nSPS) is 31.6. The largest absolute Gasteiger partial charge is 0.478 e. The van der Waals surface area contributed by atoms with Gasteiger partial charge >= 0.3 is 5.97 Å². The minimum Gasteiger partial charge on any atom is -0.478 e. The lowest BCUT2D eigenvalue weighted by Gasteiger charge is -2.46. The van der Waals surface area contributed by atoms with Crippen LogP contribution in [-0.4, -0.2) is 28.8 Å². The Hall–Kier alpha value is -1.66. The zero-order chi connectivity index (χ0) is 15.0. The van der Waals surface area contributed by atoms with Gasteiger partial charge in [-0.3, -0.25) is 0 Å². The molecule has 0 aromatic carbocycles. The Balaban J connectivity index is 1.98. The number of aromatic nitrogens is 1. The van der Waals surface area contributed by atoms with Gasteiger partial charge in [0.1, 0.15) is 0 Å². The lowest BCUT2D eigenvalue weighted by Crippen LogP contribution is -2.45. The second kappa shape index (κ2) is 5.27. The molecular weight excluding hydrogens is 288 g/mol. The van der Waals surface area contributed by atoms with Crippen LogP contribution in [0.5, 0.6) is 0 Å². The Bertz CT molecular complexity index is 622. The fraction of sp³-hybridized carbons (Fsp3) is 0.467. The van der Waals surface area contributed by atoms with E-state index < -0.39 is 5.97 Å². The van der Waals surface area contributed by atoms with Gasteiger partial charge in [-0.1, -0.05) is 18.2 Å². The highest BCUT2D eigenvalue weighted by molar-refractivity contribution is 7.13. The van der Waals surface area contributed by atoms with Gasteiger partial charge in [0.2, 0.25) is 0 Å². The van der Waals surface area contributed by atoms with Crippen LogP contribution in [0.15, 0.2) is 23.6 Å². The van der Waals surface area contributed by atoms with Crippen molar-refractivity contribution in [3.8, 4) is 0 Å². The number of thiazole rings is 1. The molecule has 5 nitrogen and oxygen atoms in total. The average molecular weight is 306 g/mol. The van der Waals surface area contributed by atoms with Gasteiger partial charge in [0.25, 0.3) is 0 Å². The van der Waals surface area contributed by atoms with Crippen molar-refractivity contribution in [1.82, 2.24) is 4.98 Å². The molecule has 1 heterocycles.